The zero-order valence-corrected chi connectivity index (χ0v) is 17.1. The second kappa shape index (κ2) is 8.61. The zero-order chi connectivity index (χ0) is 20.2. The van der Waals surface area contributed by atoms with Crippen LogP contribution in [0.1, 0.15) is 34.5 Å². The van der Waals surface area contributed by atoms with Gasteiger partial charge in [0.25, 0.3) is 5.91 Å². The molecule has 1 aliphatic heterocycles. The van der Waals surface area contributed by atoms with E-state index in [9.17, 15) is 9.59 Å². The van der Waals surface area contributed by atoms with Crippen molar-refractivity contribution in [3.63, 3.8) is 0 Å². The van der Waals surface area contributed by atoms with Crippen molar-refractivity contribution in [3.8, 4) is 10.6 Å². The molecule has 0 unspecified atom stereocenters. The van der Waals surface area contributed by atoms with Gasteiger partial charge >= 0.3 is 0 Å². The maximum Gasteiger partial charge on any atom is 0.257 e. The van der Waals surface area contributed by atoms with Crippen LogP contribution >= 0.6 is 11.3 Å². The molecule has 2 amide bonds. The number of likely N-dealkylation sites (tertiary alicyclic amines) is 1. The molecule has 29 heavy (non-hydrogen) atoms. The largest absolute Gasteiger partial charge is 0.472 e. The lowest BCUT2D eigenvalue weighted by Gasteiger charge is -2.32. The lowest BCUT2D eigenvalue weighted by molar-refractivity contribution is -0.121. The molecule has 6 nitrogen and oxygen atoms in total. The lowest BCUT2D eigenvalue weighted by Crippen LogP contribution is -2.46. The number of aryl methyl sites for hydroxylation is 1. The molecular formula is C22H23N3O3S. The van der Waals surface area contributed by atoms with Crippen LogP contribution in [0.25, 0.3) is 10.6 Å². The smallest absolute Gasteiger partial charge is 0.257 e. The van der Waals surface area contributed by atoms with Gasteiger partial charge in [-0.2, -0.15) is 0 Å². The molecule has 2 aromatic heterocycles. The second-order valence-electron chi connectivity index (χ2n) is 7.33. The summed E-state index contributed by atoms with van der Waals surface area (Å²) in [6.07, 6.45) is 4.75. The topological polar surface area (TPSA) is 75.4 Å². The third-order valence-electron chi connectivity index (χ3n) is 5.11. The Morgan fingerprint density at radius 3 is 2.66 bits per heavy atom. The Kier molecular flexibility index (Phi) is 5.76. The third-order valence-corrected chi connectivity index (χ3v) is 6.05. The molecule has 0 atom stereocenters. The molecule has 1 aromatic carbocycles. The van der Waals surface area contributed by atoms with E-state index in [0.29, 0.717) is 18.7 Å². The predicted molar refractivity (Wildman–Crippen MR) is 112 cm³/mol. The molecule has 0 bridgehead atoms. The van der Waals surface area contributed by atoms with Gasteiger partial charge in [0.2, 0.25) is 5.91 Å². The van der Waals surface area contributed by atoms with Crippen LogP contribution in [-0.4, -0.2) is 40.8 Å². The van der Waals surface area contributed by atoms with Crippen molar-refractivity contribution in [1.82, 2.24) is 15.2 Å². The van der Waals surface area contributed by atoms with Crippen molar-refractivity contribution in [1.29, 1.82) is 0 Å². The van der Waals surface area contributed by atoms with E-state index in [4.69, 9.17) is 4.42 Å². The Morgan fingerprint density at radius 1 is 1.21 bits per heavy atom. The summed E-state index contributed by atoms with van der Waals surface area (Å²) in [4.78, 5) is 31.2. The number of thiazole rings is 1. The van der Waals surface area contributed by atoms with Crippen LogP contribution in [0.2, 0.25) is 0 Å². The molecule has 3 aromatic rings. The minimum atomic E-state index is -0.0228. The first-order valence-electron chi connectivity index (χ1n) is 9.71. The van der Waals surface area contributed by atoms with Gasteiger partial charge in [-0.05, 0) is 25.8 Å². The summed E-state index contributed by atoms with van der Waals surface area (Å²) in [7, 11) is 0. The maximum absolute atomic E-state index is 12.4. The van der Waals surface area contributed by atoms with E-state index >= 15 is 0 Å². The first-order valence-corrected chi connectivity index (χ1v) is 10.6. The number of nitrogens with one attached hydrogen (secondary N) is 1. The first kappa shape index (κ1) is 19.4. The van der Waals surface area contributed by atoms with E-state index in [1.807, 2.05) is 10.3 Å². The summed E-state index contributed by atoms with van der Waals surface area (Å²) in [6, 6.07) is 9.99. The number of aromatic nitrogens is 1. The fraction of sp³-hybridized carbons (Fsp3) is 0.318. The van der Waals surface area contributed by atoms with E-state index in [-0.39, 0.29) is 24.3 Å². The fourth-order valence-corrected chi connectivity index (χ4v) is 4.28. The van der Waals surface area contributed by atoms with Crippen molar-refractivity contribution < 1.29 is 14.0 Å². The third kappa shape index (κ3) is 4.74. The standard InChI is InChI=1S/C22H23N3O3S/c1-15-2-4-16(5-3-15)21-24-19(14-29-21)12-20(26)23-18-6-9-25(10-7-18)22(27)17-8-11-28-13-17/h2-5,8,11,13-14,18H,6-7,9-10,12H2,1H3,(H,23,26). The van der Waals surface area contributed by atoms with E-state index in [2.05, 4.69) is 41.5 Å². The van der Waals surface area contributed by atoms with Gasteiger partial charge in [0.15, 0.2) is 0 Å². The normalized spacial score (nSPS) is 14.7. The summed E-state index contributed by atoms with van der Waals surface area (Å²) in [5.74, 6) is -0.0417. The molecule has 0 aliphatic carbocycles. The Hall–Kier alpha value is -2.93. The van der Waals surface area contributed by atoms with Crippen LogP contribution in [0.3, 0.4) is 0 Å². The summed E-state index contributed by atoms with van der Waals surface area (Å²) in [6.45, 7) is 3.31. The average molecular weight is 410 g/mol. The highest BCUT2D eigenvalue weighted by molar-refractivity contribution is 7.13. The van der Waals surface area contributed by atoms with Crippen LogP contribution in [0, 0.1) is 6.92 Å². The number of nitrogens with zero attached hydrogens (tertiary/aromatic N) is 2. The van der Waals surface area contributed by atoms with E-state index in [1.54, 1.807) is 17.4 Å². The Morgan fingerprint density at radius 2 is 1.97 bits per heavy atom. The van der Waals surface area contributed by atoms with Gasteiger partial charge in [-0.1, -0.05) is 29.8 Å². The Balaban J connectivity index is 1.26. The van der Waals surface area contributed by atoms with Crippen molar-refractivity contribution in [3.05, 3.63) is 65.1 Å². The summed E-state index contributed by atoms with van der Waals surface area (Å²) in [5, 5.41) is 5.96. The summed E-state index contributed by atoms with van der Waals surface area (Å²) in [5.41, 5.74) is 3.64. The summed E-state index contributed by atoms with van der Waals surface area (Å²) < 4.78 is 4.98. The number of benzene rings is 1. The van der Waals surface area contributed by atoms with Crippen LogP contribution < -0.4 is 5.32 Å². The number of piperidine rings is 1. The van der Waals surface area contributed by atoms with Gasteiger partial charge in [-0.25, -0.2) is 4.98 Å². The van der Waals surface area contributed by atoms with Crippen LogP contribution in [0.5, 0.6) is 0 Å². The van der Waals surface area contributed by atoms with Crippen LogP contribution in [0.15, 0.2) is 52.7 Å². The van der Waals surface area contributed by atoms with E-state index < -0.39 is 0 Å². The van der Waals surface area contributed by atoms with Gasteiger partial charge in [-0.15, -0.1) is 11.3 Å². The minimum absolute atomic E-state index is 0.0189. The van der Waals surface area contributed by atoms with Crippen molar-refractivity contribution in [2.24, 2.45) is 0 Å². The van der Waals surface area contributed by atoms with Gasteiger partial charge in [-0.3, -0.25) is 9.59 Å². The Labute approximate surface area is 173 Å². The fourth-order valence-electron chi connectivity index (χ4n) is 3.46. The van der Waals surface area contributed by atoms with E-state index in [0.717, 1.165) is 29.1 Å². The monoisotopic (exact) mass is 409 g/mol. The first-order chi connectivity index (χ1) is 14.1. The number of furan rings is 1. The SMILES string of the molecule is Cc1ccc(-c2nc(CC(=O)NC3CCN(C(=O)c4ccoc4)CC3)cs2)cc1. The lowest BCUT2D eigenvalue weighted by atomic mass is 10.0. The van der Waals surface area contributed by atoms with Crippen LogP contribution in [0.4, 0.5) is 0 Å². The molecule has 150 valence electrons. The molecule has 1 N–H and O–H groups in total. The Bertz CT molecular complexity index is 971. The molecule has 7 heteroatoms. The highest BCUT2D eigenvalue weighted by Crippen LogP contribution is 2.24. The predicted octanol–water partition coefficient (Wildman–Crippen LogP) is 3.68. The zero-order valence-electron chi connectivity index (χ0n) is 16.3. The quantitative estimate of drug-likeness (QED) is 0.698. The molecule has 1 fully saturated rings. The van der Waals surface area contributed by atoms with Crippen molar-refractivity contribution >= 4 is 23.2 Å². The van der Waals surface area contributed by atoms with Gasteiger partial charge in [0.1, 0.15) is 11.3 Å². The van der Waals surface area contributed by atoms with Gasteiger partial charge < -0.3 is 14.6 Å². The van der Waals surface area contributed by atoms with Crippen molar-refractivity contribution in [2.45, 2.75) is 32.2 Å². The van der Waals surface area contributed by atoms with E-state index in [1.165, 1.54) is 18.1 Å². The number of amides is 2. The number of carbonyl (C=O) groups is 2. The second-order valence-corrected chi connectivity index (χ2v) is 8.19. The molecule has 3 heterocycles. The average Bonchev–Trinajstić information content (AvgIpc) is 3.41. The molecular weight excluding hydrogens is 386 g/mol. The highest BCUT2D eigenvalue weighted by Gasteiger charge is 2.25. The van der Waals surface area contributed by atoms with Crippen LogP contribution in [-0.2, 0) is 11.2 Å². The number of rotatable bonds is 5. The minimum Gasteiger partial charge on any atom is -0.472 e. The maximum atomic E-state index is 12.4. The molecule has 1 aliphatic rings. The molecule has 0 spiro atoms. The van der Waals surface area contributed by atoms with Gasteiger partial charge in [0, 0.05) is 30.1 Å². The molecule has 4 rings (SSSR count). The highest BCUT2D eigenvalue weighted by atomic mass is 32.1. The number of carbonyl (C=O) groups excluding carboxylic acids is 2. The molecule has 0 saturated carbocycles. The molecule has 1 saturated heterocycles. The molecule has 0 radical (unpaired) electrons. The van der Waals surface area contributed by atoms with Gasteiger partial charge in [0.05, 0.1) is 23.9 Å². The van der Waals surface area contributed by atoms with Crippen molar-refractivity contribution in [2.75, 3.05) is 13.1 Å². The number of hydrogen-bond acceptors (Lipinski definition) is 5. The number of hydrogen-bond donors (Lipinski definition) is 1. The summed E-state index contributed by atoms with van der Waals surface area (Å²) >= 11 is 1.56.